The van der Waals surface area contributed by atoms with Crippen molar-refractivity contribution in [3.63, 3.8) is 0 Å². The number of halogens is 1. The highest BCUT2D eigenvalue weighted by Crippen LogP contribution is 2.25. The van der Waals surface area contributed by atoms with E-state index in [4.69, 9.17) is 0 Å². The largest absolute Gasteiger partial charge is 0.507 e. The Bertz CT molecular complexity index is 467. The molecule has 0 aliphatic carbocycles. The van der Waals surface area contributed by atoms with Gasteiger partial charge in [-0.05, 0) is 35.0 Å². The van der Waals surface area contributed by atoms with Crippen molar-refractivity contribution in [3.05, 3.63) is 34.6 Å². The SMILES string of the molecule is Cc1cn(-c2ccc(Br)c(O)c2)nn1. The molecule has 4 nitrogen and oxygen atoms in total. The first-order valence-electron chi connectivity index (χ1n) is 4.04. The number of aromatic hydroxyl groups is 1. The van der Waals surface area contributed by atoms with Crippen LogP contribution in [0.3, 0.4) is 0 Å². The Morgan fingerprint density at radius 1 is 1.43 bits per heavy atom. The highest BCUT2D eigenvalue weighted by Gasteiger charge is 2.02. The van der Waals surface area contributed by atoms with Gasteiger partial charge in [-0.25, -0.2) is 4.68 Å². The average Bonchev–Trinajstić information content (AvgIpc) is 2.57. The number of benzene rings is 1. The first kappa shape index (κ1) is 9.21. The van der Waals surface area contributed by atoms with E-state index in [2.05, 4.69) is 26.2 Å². The summed E-state index contributed by atoms with van der Waals surface area (Å²) in [6.45, 7) is 1.86. The molecule has 2 aromatic rings. The van der Waals surface area contributed by atoms with Crippen LogP contribution in [-0.2, 0) is 0 Å². The molecular weight excluding hydrogens is 246 g/mol. The topological polar surface area (TPSA) is 50.9 Å². The van der Waals surface area contributed by atoms with Gasteiger partial charge in [-0.2, -0.15) is 0 Å². The third kappa shape index (κ3) is 1.63. The van der Waals surface area contributed by atoms with Crippen LogP contribution < -0.4 is 0 Å². The summed E-state index contributed by atoms with van der Waals surface area (Å²) in [5, 5.41) is 17.2. The molecule has 2 rings (SSSR count). The lowest BCUT2D eigenvalue weighted by Crippen LogP contribution is -1.94. The summed E-state index contributed by atoms with van der Waals surface area (Å²) >= 11 is 3.21. The van der Waals surface area contributed by atoms with Crippen LogP contribution in [0.5, 0.6) is 5.75 Å². The van der Waals surface area contributed by atoms with Crippen LogP contribution in [0.25, 0.3) is 5.69 Å². The molecular formula is C9H8BrN3O. The third-order valence-corrected chi connectivity index (χ3v) is 2.47. The third-order valence-electron chi connectivity index (χ3n) is 1.80. The van der Waals surface area contributed by atoms with E-state index in [9.17, 15) is 5.11 Å². The van der Waals surface area contributed by atoms with Crippen LogP contribution >= 0.6 is 15.9 Å². The number of aryl methyl sites for hydroxylation is 1. The summed E-state index contributed by atoms with van der Waals surface area (Å²) < 4.78 is 2.28. The van der Waals surface area contributed by atoms with Crippen LogP contribution in [0.1, 0.15) is 5.69 Å². The molecule has 0 radical (unpaired) electrons. The minimum absolute atomic E-state index is 0.190. The van der Waals surface area contributed by atoms with Gasteiger partial charge in [-0.15, -0.1) is 5.10 Å². The molecule has 0 saturated carbocycles. The minimum atomic E-state index is 0.190. The molecule has 14 heavy (non-hydrogen) atoms. The first-order chi connectivity index (χ1) is 6.66. The van der Waals surface area contributed by atoms with Crippen molar-refractivity contribution in [2.75, 3.05) is 0 Å². The normalized spacial score (nSPS) is 10.4. The standard InChI is InChI=1S/C9H8BrN3O/c1-6-5-13(12-11-6)7-2-3-8(10)9(14)4-7/h2-5,14H,1H3. The zero-order valence-electron chi connectivity index (χ0n) is 7.48. The lowest BCUT2D eigenvalue weighted by atomic mass is 10.3. The zero-order valence-corrected chi connectivity index (χ0v) is 9.06. The second-order valence-electron chi connectivity index (χ2n) is 2.94. The van der Waals surface area contributed by atoms with E-state index in [0.717, 1.165) is 11.4 Å². The quantitative estimate of drug-likeness (QED) is 0.847. The number of hydrogen-bond acceptors (Lipinski definition) is 3. The van der Waals surface area contributed by atoms with Crippen LogP contribution in [0.15, 0.2) is 28.9 Å². The van der Waals surface area contributed by atoms with Crippen LogP contribution in [0, 0.1) is 6.92 Å². The lowest BCUT2D eigenvalue weighted by Gasteiger charge is -2.01. The molecule has 0 unspecified atom stereocenters. The summed E-state index contributed by atoms with van der Waals surface area (Å²) in [5.74, 6) is 0.190. The summed E-state index contributed by atoms with van der Waals surface area (Å²) in [6.07, 6.45) is 1.79. The predicted molar refractivity (Wildman–Crippen MR) is 55.5 cm³/mol. The number of rotatable bonds is 1. The second kappa shape index (κ2) is 3.42. The van der Waals surface area contributed by atoms with Gasteiger partial charge in [0.2, 0.25) is 0 Å². The summed E-state index contributed by atoms with van der Waals surface area (Å²) in [6, 6.07) is 5.23. The van der Waals surface area contributed by atoms with E-state index in [1.54, 1.807) is 23.0 Å². The summed E-state index contributed by atoms with van der Waals surface area (Å²) in [4.78, 5) is 0. The van der Waals surface area contributed by atoms with E-state index in [-0.39, 0.29) is 5.75 Å². The van der Waals surface area contributed by atoms with Gasteiger partial charge in [0.15, 0.2) is 0 Å². The van der Waals surface area contributed by atoms with Crippen molar-refractivity contribution in [1.29, 1.82) is 0 Å². The number of aromatic nitrogens is 3. The molecule has 1 aromatic carbocycles. The lowest BCUT2D eigenvalue weighted by molar-refractivity contribution is 0.471. The molecule has 72 valence electrons. The Labute approximate surface area is 89.3 Å². The predicted octanol–water partition coefficient (Wildman–Crippen LogP) is 2.04. The Hall–Kier alpha value is -1.36. The molecule has 0 atom stereocenters. The van der Waals surface area contributed by atoms with Gasteiger partial charge in [-0.3, -0.25) is 0 Å². The first-order valence-corrected chi connectivity index (χ1v) is 4.84. The minimum Gasteiger partial charge on any atom is -0.507 e. The zero-order chi connectivity index (χ0) is 10.1. The number of hydrogen-bond donors (Lipinski definition) is 1. The van der Waals surface area contributed by atoms with E-state index in [0.29, 0.717) is 4.47 Å². The van der Waals surface area contributed by atoms with Gasteiger partial charge >= 0.3 is 0 Å². The highest BCUT2D eigenvalue weighted by atomic mass is 79.9. The molecule has 1 aromatic heterocycles. The van der Waals surface area contributed by atoms with Gasteiger partial charge in [0.1, 0.15) is 5.75 Å². The van der Waals surface area contributed by atoms with Gasteiger partial charge in [-0.1, -0.05) is 5.21 Å². The maximum Gasteiger partial charge on any atom is 0.131 e. The smallest absolute Gasteiger partial charge is 0.131 e. The molecule has 0 spiro atoms. The Morgan fingerprint density at radius 3 is 2.79 bits per heavy atom. The molecule has 0 saturated heterocycles. The fraction of sp³-hybridized carbons (Fsp3) is 0.111. The average molecular weight is 254 g/mol. The molecule has 0 aliphatic rings. The molecule has 1 N–H and O–H groups in total. The Morgan fingerprint density at radius 2 is 2.21 bits per heavy atom. The number of phenolic OH excluding ortho intramolecular Hbond substituents is 1. The van der Waals surface area contributed by atoms with Gasteiger partial charge in [0.25, 0.3) is 0 Å². The number of phenols is 1. The van der Waals surface area contributed by atoms with Crippen LogP contribution in [0.2, 0.25) is 0 Å². The van der Waals surface area contributed by atoms with Gasteiger partial charge in [0.05, 0.1) is 22.1 Å². The molecule has 0 aliphatic heterocycles. The van der Waals surface area contributed by atoms with Crippen molar-refractivity contribution >= 4 is 15.9 Å². The van der Waals surface area contributed by atoms with E-state index >= 15 is 0 Å². The fourth-order valence-electron chi connectivity index (χ4n) is 1.12. The summed E-state index contributed by atoms with van der Waals surface area (Å²) in [7, 11) is 0. The van der Waals surface area contributed by atoms with Gasteiger partial charge < -0.3 is 5.11 Å². The molecule has 0 bridgehead atoms. The highest BCUT2D eigenvalue weighted by molar-refractivity contribution is 9.10. The molecule has 5 heteroatoms. The summed E-state index contributed by atoms with van der Waals surface area (Å²) in [5.41, 5.74) is 1.62. The van der Waals surface area contributed by atoms with Crippen LogP contribution in [0.4, 0.5) is 0 Å². The molecule has 1 heterocycles. The molecule has 0 fully saturated rings. The fourth-order valence-corrected chi connectivity index (χ4v) is 1.36. The molecule has 0 amide bonds. The number of nitrogens with zero attached hydrogens (tertiary/aromatic N) is 3. The van der Waals surface area contributed by atoms with Crippen molar-refractivity contribution in [3.8, 4) is 11.4 Å². The Balaban J connectivity index is 2.47. The van der Waals surface area contributed by atoms with Gasteiger partial charge in [0, 0.05) is 6.07 Å². The van der Waals surface area contributed by atoms with Crippen molar-refractivity contribution in [1.82, 2.24) is 15.0 Å². The van der Waals surface area contributed by atoms with E-state index < -0.39 is 0 Å². The van der Waals surface area contributed by atoms with Crippen molar-refractivity contribution in [2.45, 2.75) is 6.92 Å². The van der Waals surface area contributed by atoms with E-state index in [1.807, 2.05) is 13.0 Å². The van der Waals surface area contributed by atoms with Crippen molar-refractivity contribution in [2.24, 2.45) is 0 Å². The Kier molecular flexibility index (Phi) is 2.25. The van der Waals surface area contributed by atoms with Crippen molar-refractivity contribution < 1.29 is 5.11 Å². The maximum absolute atomic E-state index is 9.46. The maximum atomic E-state index is 9.46. The monoisotopic (exact) mass is 253 g/mol. The van der Waals surface area contributed by atoms with Crippen LogP contribution in [-0.4, -0.2) is 20.1 Å². The van der Waals surface area contributed by atoms with E-state index in [1.165, 1.54) is 0 Å². The second-order valence-corrected chi connectivity index (χ2v) is 3.79.